The van der Waals surface area contributed by atoms with Crippen molar-refractivity contribution in [3.8, 4) is 5.75 Å². The van der Waals surface area contributed by atoms with E-state index in [2.05, 4.69) is 5.32 Å². The molecule has 0 radical (unpaired) electrons. The Balaban J connectivity index is 1.82. The van der Waals surface area contributed by atoms with Gasteiger partial charge in [0, 0.05) is 29.5 Å². The van der Waals surface area contributed by atoms with Crippen molar-refractivity contribution < 1.29 is 27.1 Å². The van der Waals surface area contributed by atoms with Crippen LogP contribution in [0.5, 0.6) is 5.75 Å². The lowest BCUT2D eigenvalue weighted by Gasteiger charge is -2.34. The Kier molecular flexibility index (Phi) is 13.0. The van der Waals surface area contributed by atoms with E-state index < -0.39 is 40.2 Å². The lowest BCUT2D eigenvalue weighted by molar-refractivity contribution is -0.140. The Morgan fingerprint density at radius 2 is 1.54 bits per heavy atom. The zero-order valence-electron chi connectivity index (χ0n) is 27.6. The maximum absolute atomic E-state index is 15.1. The van der Waals surface area contributed by atoms with E-state index in [1.165, 1.54) is 34.9 Å². The van der Waals surface area contributed by atoms with Gasteiger partial charge in [-0.05, 0) is 86.7 Å². The van der Waals surface area contributed by atoms with Crippen molar-refractivity contribution in [2.75, 3.05) is 23.7 Å². The fourth-order valence-corrected chi connectivity index (χ4v) is 6.91. The number of carbonyl (C=O) groups is 2. The second-order valence-corrected chi connectivity index (χ2v) is 14.0. The molecule has 0 aliphatic heterocycles. The van der Waals surface area contributed by atoms with Crippen LogP contribution in [0.3, 0.4) is 0 Å². The first kappa shape index (κ1) is 36.5. The van der Waals surface area contributed by atoms with Crippen molar-refractivity contribution in [2.45, 2.75) is 62.0 Å². The summed E-state index contributed by atoms with van der Waals surface area (Å²) >= 11 is 1.48. The molecular formula is C37H42FN3O5S2. The highest BCUT2D eigenvalue weighted by Gasteiger charge is 2.35. The number of thioether (sulfide) groups is 1. The molecule has 48 heavy (non-hydrogen) atoms. The van der Waals surface area contributed by atoms with Crippen molar-refractivity contribution in [3.05, 3.63) is 120 Å². The van der Waals surface area contributed by atoms with Crippen molar-refractivity contribution in [2.24, 2.45) is 0 Å². The molecular weight excluding hydrogens is 650 g/mol. The molecule has 11 heteroatoms. The standard InChI is InChI=1S/C37H42FN3O5S2/c1-5-27(3)39-37(43)35(24-28-12-8-7-9-13-28)40(25-29-14-10-11-15-34(29)38)36(42)26-41(30-16-18-31(19-17-30)46-6-2)48(44,45)33-22-20-32(47-4)21-23-33/h7-23,27,35H,5-6,24-26H2,1-4H3,(H,39,43)/t27-,35-/m0/s1. The Morgan fingerprint density at radius 3 is 2.15 bits per heavy atom. The molecule has 4 aromatic carbocycles. The minimum Gasteiger partial charge on any atom is -0.494 e. The van der Waals surface area contributed by atoms with E-state index in [0.29, 0.717) is 18.8 Å². The Bertz CT molecular complexity index is 1750. The van der Waals surface area contributed by atoms with E-state index in [1.807, 2.05) is 57.4 Å². The molecule has 0 bridgehead atoms. The van der Waals surface area contributed by atoms with E-state index in [1.54, 1.807) is 54.6 Å². The molecule has 0 aliphatic carbocycles. The maximum Gasteiger partial charge on any atom is 0.264 e. The molecule has 0 fully saturated rings. The summed E-state index contributed by atoms with van der Waals surface area (Å²) in [5.41, 5.74) is 1.22. The predicted octanol–water partition coefficient (Wildman–Crippen LogP) is 6.70. The Labute approximate surface area is 287 Å². The average molecular weight is 692 g/mol. The molecule has 254 valence electrons. The van der Waals surface area contributed by atoms with E-state index in [-0.39, 0.29) is 35.2 Å². The minimum absolute atomic E-state index is 0.00186. The van der Waals surface area contributed by atoms with Crippen molar-refractivity contribution >= 4 is 39.3 Å². The van der Waals surface area contributed by atoms with Crippen LogP contribution in [-0.4, -0.2) is 56.6 Å². The van der Waals surface area contributed by atoms with Gasteiger partial charge >= 0.3 is 0 Å². The molecule has 4 aromatic rings. The lowest BCUT2D eigenvalue weighted by atomic mass is 10.0. The number of rotatable bonds is 16. The highest BCUT2D eigenvalue weighted by atomic mass is 32.2. The van der Waals surface area contributed by atoms with Crippen LogP contribution >= 0.6 is 11.8 Å². The van der Waals surface area contributed by atoms with Crippen LogP contribution < -0.4 is 14.4 Å². The number of carbonyl (C=O) groups excluding carboxylic acids is 2. The minimum atomic E-state index is -4.28. The van der Waals surface area contributed by atoms with Gasteiger partial charge in [0.25, 0.3) is 10.0 Å². The van der Waals surface area contributed by atoms with Crippen LogP contribution in [0.2, 0.25) is 0 Å². The van der Waals surface area contributed by atoms with Crippen LogP contribution in [0, 0.1) is 5.82 Å². The van der Waals surface area contributed by atoms with Gasteiger partial charge < -0.3 is 15.0 Å². The zero-order chi connectivity index (χ0) is 34.7. The number of halogens is 1. The number of nitrogens with zero attached hydrogens (tertiary/aromatic N) is 2. The highest BCUT2D eigenvalue weighted by Crippen LogP contribution is 2.28. The number of hydrogen-bond donors (Lipinski definition) is 1. The summed E-state index contributed by atoms with van der Waals surface area (Å²) in [4.78, 5) is 30.7. The quantitative estimate of drug-likeness (QED) is 0.132. The smallest absolute Gasteiger partial charge is 0.264 e. The van der Waals surface area contributed by atoms with Crippen LogP contribution in [0.15, 0.2) is 113 Å². The van der Waals surface area contributed by atoms with Gasteiger partial charge in [-0.3, -0.25) is 13.9 Å². The van der Waals surface area contributed by atoms with Crippen molar-refractivity contribution in [1.29, 1.82) is 0 Å². The normalized spacial score (nSPS) is 12.5. The van der Waals surface area contributed by atoms with Crippen LogP contribution in [0.4, 0.5) is 10.1 Å². The number of anilines is 1. The van der Waals surface area contributed by atoms with Gasteiger partial charge in [-0.2, -0.15) is 0 Å². The van der Waals surface area contributed by atoms with Crippen molar-refractivity contribution in [3.63, 3.8) is 0 Å². The molecule has 0 heterocycles. The number of ether oxygens (including phenoxy) is 1. The first-order valence-corrected chi connectivity index (χ1v) is 18.5. The number of hydrogen-bond acceptors (Lipinski definition) is 6. The molecule has 1 N–H and O–H groups in total. The SMILES string of the molecule is CCOc1ccc(N(CC(=O)N(Cc2ccccc2F)[C@@H](Cc2ccccc2)C(=O)N[C@@H](C)CC)S(=O)(=O)c2ccc(SC)cc2)cc1. The fourth-order valence-electron chi connectivity index (χ4n) is 5.08. The lowest BCUT2D eigenvalue weighted by Crippen LogP contribution is -2.54. The van der Waals surface area contributed by atoms with Crippen LogP contribution in [0.1, 0.15) is 38.3 Å². The summed E-state index contributed by atoms with van der Waals surface area (Å²) in [6, 6.07) is 26.8. The molecule has 2 amide bonds. The summed E-state index contributed by atoms with van der Waals surface area (Å²) in [6.45, 7) is 5.17. The molecule has 0 saturated heterocycles. The third-order valence-electron chi connectivity index (χ3n) is 7.93. The molecule has 2 atom stereocenters. The molecule has 0 aliphatic rings. The van der Waals surface area contributed by atoms with Gasteiger partial charge in [-0.1, -0.05) is 55.5 Å². The maximum atomic E-state index is 15.1. The topological polar surface area (TPSA) is 96.0 Å². The van der Waals surface area contributed by atoms with Crippen LogP contribution in [-0.2, 0) is 32.6 Å². The van der Waals surface area contributed by atoms with Gasteiger partial charge in [0.2, 0.25) is 11.8 Å². The first-order chi connectivity index (χ1) is 23.1. The molecule has 0 aromatic heterocycles. The largest absolute Gasteiger partial charge is 0.494 e. The fraction of sp³-hybridized carbons (Fsp3) is 0.297. The van der Waals surface area contributed by atoms with E-state index in [0.717, 1.165) is 14.8 Å². The number of nitrogens with one attached hydrogen (secondary N) is 1. The summed E-state index contributed by atoms with van der Waals surface area (Å²) in [5, 5.41) is 2.98. The molecule has 0 spiro atoms. The van der Waals surface area contributed by atoms with Gasteiger partial charge in [0.15, 0.2) is 0 Å². The monoisotopic (exact) mass is 691 g/mol. The van der Waals surface area contributed by atoms with Gasteiger partial charge in [-0.25, -0.2) is 12.8 Å². The second-order valence-electron chi connectivity index (χ2n) is 11.3. The third kappa shape index (κ3) is 9.38. The van der Waals surface area contributed by atoms with Gasteiger partial charge in [0.1, 0.15) is 24.2 Å². The number of benzene rings is 4. The molecule has 0 unspecified atom stereocenters. The first-order valence-electron chi connectivity index (χ1n) is 15.8. The summed E-state index contributed by atoms with van der Waals surface area (Å²) < 4.78 is 50.2. The molecule has 8 nitrogen and oxygen atoms in total. The molecule has 0 saturated carbocycles. The Hall–Kier alpha value is -4.35. The van der Waals surface area contributed by atoms with E-state index >= 15 is 4.39 Å². The van der Waals surface area contributed by atoms with Gasteiger partial charge in [-0.15, -0.1) is 11.8 Å². The van der Waals surface area contributed by atoms with E-state index in [9.17, 15) is 18.0 Å². The van der Waals surface area contributed by atoms with E-state index in [4.69, 9.17) is 4.74 Å². The summed E-state index contributed by atoms with van der Waals surface area (Å²) in [6.07, 6.45) is 2.68. The summed E-state index contributed by atoms with van der Waals surface area (Å²) in [7, 11) is -4.28. The average Bonchev–Trinajstić information content (AvgIpc) is 3.10. The third-order valence-corrected chi connectivity index (χ3v) is 10.5. The zero-order valence-corrected chi connectivity index (χ0v) is 29.3. The number of sulfonamides is 1. The van der Waals surface area contributed by atoms with Crippen LogP contribution in [0.25, 0.3) is 0 Å². The predicted molar refractivity (Wildman–Crippen MR) is 189 cm³/mol. The van der Waals surface area contributed by atoms with Crippen molar-refractivity contribution in [1.82, 2.24) is 10.2 Å². The Morgan fingerprint density at radius 1 is 0.896 bits per heavy atom. The molecule has 4 rings (SSSR count). The highest BCUT2D eigenvalue weighted by molar-refractivity contribution is 7.98. The van der Waals surface area contributed by atoms with Gasteiger partial charge in [0.05, 0.1) is 17.2 Å². The number of amides is 2. The second kappa shape index (κ2) is 17.2. The summed E-state index contributed by atoms with van der Waals surface area (Å²) in [5.74, 6) is -1.08.